The van der Waals surface area contributed by atoms with Crippen molar-refractivity contribution in [1.29, 1.82) is 0 Å². The first-order chi connectivity index (χ1) is 36.0. The Balaban J connectivity index is 4.02. The Bertz CT molecular complexity index is 1310. The molecule has 0 amide bonds. The zero-order valence-corrected chi connectivity index (χ0v) is 48.7. The summed E-state index contributed by atoms with van der Waals surface area (Å²) in [5.41, 5.74) is 0. The molecule has 0 rings (SSSR count). The molecular formula is C67H120O6. The van der Waals surface area contributed by atoms with Gasteiger partial charge >= 0.3 is 17.9 Å². The summed E-state index contributed by atoms with van der Waals surface area (Å²) in [6, 6.07) is 0. The lowest BCUT2D eigenvalue weighted by atomic mass is 10.0. The maximum absolute atomic E-state index is 12.8. The van der Waals surface area contributed by atoms with Crippen LogP contribution in [0.5, 0.6) is 0 Å². The topological polar surface area (TPSA) is 78.9 Å². The molecule has 0 radical (unpaired) electrons. The van der Waals surface area contributed by atoms with Crippen molar-refractivity contribution in [3.8, 4) is 0 Å². The number of esters is 3. The molecule has 0 aromatic rings. The van der Waals surface area contributed by atoms with Crippen LogP contribution in [0.15, 0.2) is 60.8 Å². The lowest BCUT2D eigenvalue weighted by Crippen LogP contribution is -2.30. The van der Waals surface area contributed by atoms with Crippen molar-refractivity contribution >= 4 is 17.9 Å². The molecule has 0 saturated carbocycles. The second-order valence-corrected chi connectivity index (χ2v) is 21.3. The first-order valence-corrected chi connectivity index (χ1v) is 31.8. The van der Waals surface area contributed by atoms with Gasteiger partial charge in [0.05, 0.1) is 0 Å². The standard InChI is InChI=1S/C67H120O6/c1-4-7-10-13-16-18-20-22-24-26-28-29-30-31-32-33-34-35-36-37-38-39-40-42-43-45-47-49-51-54-57-60-66(69)72-63-64(62-71-65(68)59-56-53-15-12-9-6-3)73-67(70)61-58-55-52-50-48-46-44-41-27-25-23-21-19-17-14-11-8-5-2/h19-22,25-28,30-31,64H,4-18,23-24,29,32-63H2,1-3H3/b21-19-,22-20-,27-25-,28-26-,31-30-. The number of unbranched alkanes of at least 4 members (excludes halogenated alkanes) is 37. The van der Waals surface area contributed by atoms with Crippen molar-refractivity contribution in [3.63, 3.8) is 0 Å². The van der Waals surface area contributed by atoms with Crippen LogP contribution in [0.4, 0.5) is 0 Å². The molecule has 73 heavy (non-hydrogen) atoms. The van der Waals surface area contributed by atoms with Gasteiger partial charge in [0.25, 0.3) is 0 Å². The summed E-state index contributed by atoms with van der Waals surface area (Å²) >= 11 is 0. The number of rotatable bonds is 58. The molecule has 1 atom stereocenters. The lowest BCUT2D eigenvalue weighted by molar-refractivity contribution is -0.167. The predicted octanol–water partition coefficient (Wildman–Crippen LogP) is 21.6. The molecule has 424 valence electrons. The first kappa shape index (κ1) is 70.1. The number of ether oxygens (including phenoxy) is 3. The molecule has 0 N–H and O–H groups in total. The van der Waals surface area contributed by atoms with Gasteiger partial charge in [0.2, 0.25) is 0 Å². The van der Waals surface area contributed by atoms with Gasteiger partial charge in [0.15, 0.2) is 6.10 Å². The van der Waals surface area contributed by atoms with E-state index in [9.17, 15) is 14.4 Å². The highest BCUT2D eigenvalue weighted by molar-refractivity contribution is 5.71. The van der Waals surface area contributed by atoms with Gasteiger partial charge in [-0.1, -0.05) is 281 Å². The van der Waals surface area contributed by atoms with Gasteiger partial charge in [-0.2, -0.15) is 0 Å². The van der Waals surface area contributed by atoms with Crippen LogP contribution in [0.3, 0.4) is 0 Å². The number of hydrogen-bond acceptors (Lipinski definition) is 6. The summed E-state index contributed by atoms with van der Waals surface area (Å²) in [5, 5.41) is 0. The highest BCUT2D eigenvalue weighted by atomic mass is 16.6. The summed E-state index contributed by atoms with van der Waals surface area (Å²) in [5.74, 6) is -0.879. The molecule has 6 heteroatoms. The number of hydrogen-bond donors (Lipinski definition) is 0. The van der Waals surface area contributed by atoms with E-state index in [1.165, 1.54) is 205 Å². The van der Waals surface area contributed by atoms with Crippen LogP contribution in [0.2, 0.25) is 0 Å². The first-order valence-electron chi connectivity index (χ1n) is 31.8. The zero-order chi connectivity index (χ0) is 52.9. The molecular weight excluding hydrogens is 901 g/mol. The predicted molar refractivity (Wildman–Crippen MR) is 316 cm³/mol. The van der Waals surface area contributed by atoms with Crippen LogP contribution in [0.1, 0.15) is 329 Å². The molecule has 0 aliphatic rings. The van der Waals surface area contributed by atoms with E-state index in [-0.39, 0.29) is 31.1 Å². The molecule has 0 aliphatic carbocycles. The third kappa shape index (κ3) is 59.9. The minimum atomic E-state index is -0.774. The van der Waals surface area contributed by atoms with Crippen molar-refractivity contribution in [3.05, 3.63) is 60.8 Å². The van der Waals surface area contributed by atoms with Gasteiger partial charge in [-0.15, -0.1) is 0 Å². The third-order valence-corrected chi connectivity index (χ3v) is 14.0. The fourth-order valence-corrected chi connectivity index (χ4v) is 9.19. The molecule has 0 aliphatic heterocycles. The van der Waals surface area contributed by atoms with Crippen LogP contribution in [-0.4, -0.2) is 37.2 Å². The van der Waals surface area contributed by atoms with Crippen LogP contribution in [0.25, 0.3) is 0 Å². The third-order valence-electron chi connectivity index (χ3n) is 14.0. The summed E-state index contributed by atoms with van der Waals surface area (Å²) in [4.78, 5) is 38.0. The van der Waals surface area contributed by atoms with Crippen molar-refractivity contribution < 1.29 is 28.6 Å². The average Bonchev–Trinajstić information content (AvgIpc) is 3.39. The van der Waals surface area contributed by atoms with Crippen LogP contribution in [-0.2, 0) is 28.6 Å². The molecule has 0 aromatic heterocycles. The van der Waals surface area contributed by atoms with E-state index in [4.69, 9.17) is 14.2 Å². The second kappa shape index (κ2) is 61.7. The van der Waals surface area contributed by atoms with Crippen LogP contribution < -0.4 is 0 Å². The lowest BCUT2D eigenvalue weighted by Gasteiger charge is -2.18. The van der Waals surface area contributed by atoms with Gasteiger partial charge in [-0.25, -0.2) is 0 Å². The van der Waals surface area contributed by atoms with E-state index >= 15 is 0 Å². The van der Waals surface area contributed by atoms with Crippen LogP contribution in [0, 0.1) is 0 Å². The SMILES string of the molecule is CCCCCC/C=C\C/C=C\CCCCCCCCCC(=O)OC(COC(=O)CCCCCCCC)COC(=O)CCCCCCCCCCCCCCCCCC/C=C\C/C=C\C/C=C\CCCCCCC. The number of allylic oxidation sites excluding steroid dienone is 10. The van der Waals surface area contributed by atoms with E-state index < -0.39 is 6.10 Å². The maximum Gasteiger partial charge on any atom is 0.306 e. The molecule has 0 heterocycles. The van der Waals surface area contributed by atoms with Crippen molar-refractivity contribution in [2.45, 2.75) is 335 Å². The second-order valence-electron chi connectivity index (χ2n) is 21.3. The summed E-state index contributed by atoms with van der Waals surface area (Å²) in [6.07, 6.45) is 78.4. The number of carbonyl (C=O) groups is 3. The minimum Gasteiger partial charge on any atom is -0.462 e. The Morgan fingerprint density at radius 3 is 0.781 bits per heavy atom. The average molecular weight is 1020 g/mol. The fraction of sp³-hybridized carbons (Fsp3) is 0.806. The molecule has 0 saturated heterocycles. The number of carbonyl (C=O) groups excluding carboxylic acids is 3. The van der Waals surface area contributed by atoms with Crippen molar-refractivity contribution in [2.24, 2.45) is 0 Å². The van der Waals surface area contributed by atoms with Gasteiger partial charge in [0.1, 0.15) is 13.2 Å². The largest absolute Gasteiger partial charge is 0.462 e. The van der Waals surface area contributed by atoms with Gasteiger partial charge in [-0.05, 0) is 89.9 Å². The highest BCUT2D eigenvalue weighted by Gasteiger charge is 2.19. The van der Waals surface area contributed by atoms with E-state index in [0.717, 1.165) is 83.5 Å². The van der Waals surface area contributed by atoms with E-state index in [2.05, 4.69) is 81.5 Å². The molecule has 0 bridgehead atoms. The Hall–Kier alpha value is -2.89. The van der Waals surface area contributed by atoms with E-state index in [0.29, 0.717) is 19.3 Å². The molecule has 1 unspecified atom stereocenters. The van der Waals surface area contributed by atoms with Gasteiger partial charge in [0, 0.05) is 19.3 Å². The van der Waals surface area contributed by atoms with Crippen molar-refractivity contribution in [1.82, 2.24) is 0 Å². The van der Waals surface area contributed by atoms with E-state index in [1.807, 2.05) is 0 Å². The monoisotopic (exact) mass is 1020 g/mol. The summed E-state index contributed by atoms with van der Waals surface area (Å²) in [6.45, 7) is 6.58. The van der Waals surface area contributed by atoms with E-state index in [1.54, 1.807) is 0 Å². The fourth-order valence-electron chi connectivity index (χ4n) is 9.19. The Kier molecular flexibility index (Phi) is 59.2. The van der Waals surface area contributed by atoms with Crippen molar-refractivity contribution in [2.75, 3.05) is 13.2 Å². The van der Waals surface area contributed by atoms with Crippen LogP contribution >= 0.6 is 0 Å². The molecule has 0 spiro atoms. The Labute approximate surface area is 453 Å². The smallest absolute Gasteiger partial charge is 0.306 e. The highest BCUT2D eigenvalue weighted by Crippen LogP contribution is 2.17. The normalized spacial score (nSPS) is 12.4. The minimum absolute atomic E-state index is 0.0747. The molecule has 0 fully saturated rings. The van der Waals surface area contributed by atoms with Gasteiger partial charge in [-0.3, -0.25) is 14.4 Å². The summed E-state index contributed by atoms with van der Waals surface area (Å²) < 4.78 is 16.8. The quantitative estimate of drug-likeness (QED) is 0.0261. The Morgan fingerprint density at radius 2 is 0.493 bits per heavy atom. The zero-order valence-electron chi connectivity index (χ0n) is 48.7. The van der Waals surface area contributed by atoms with Gasteiger partial charge < -0.3 is 14.2 Å². The molecule has 6 nitrogen and oxygen atoms in total. The Morgan fingerprint density at radius 1 is 0.274 bits per heavy atom. The maximum atomic E-state index is 12.8. The molecule has 0 aromatic carbocycles. The summed E-state index contributed by atoms with van der Waals surface area (Å²) in [7, 11) is 0.